The van der Waals surface area contributed by atoms with Gasteiger partial charge < -0.3 is 15.5 Å². The van der Waals surface area contributed by atoms with Gasteiger partial charge in [0.25, 0.3) is 5.91 Å². The van der Waals surface area contributed by atoms with Crippen molar-refractivity contribution < 1.29 is 14.4 Å². The van der Waals surface area contributed by atoms with E-state index in [4.69, 9.17) is 0 Å². The van der Waals surface area contributed by atoms with E-state index in [1.165, 1.54) is 6.08 Å². The molecule has 0 unspecified atom stereocenters. The molecule has 1 aromatic heterocycles. The highest BCUT2D eigenvalue weighted by Gasteiger charge is 2.24. The van der Waals surface area contributed by atoms with Crippen LogP contribution in [0.3, 0.4) is 0 Å². The van der Waals surface area contributed by atoms with Crippen molar-refractivity contribution in [1.29, 1.82) is 0 Å². The Bertz CT molecular complexity index is 885. The van der Waals surface area contributed by atoms with Gasteiger partial charge in [-0.3, -0.25) is 19.1 Å². The van der Waals surface area contributed by atoms with E-state index in [1.54, 1.807) is 34.8 Å². The first-order chi connectivity index (χ1) is 13.0. The summed E-state index contributed by atoms with van der Waals surface area (Å²) in [5, 5.41) is 9.68. The van der Waals surface area contributed by atoms with Gasteiger partial charge in [-0.05, 0) is 30.2 Å². The Hall–Kier alpha value is -3.42. The molecule has 27 heavy (non-hydrogen) atoms. The van der Waals surface area contributed by atoms with Crippen LogP contribution in [0, 0.1) is 0 Å². The number of carbonyl (C=O) groups excluding carboxylic acids is 3. The van der Waals surface area contributed by atoms with Crippen molar-refractivity contribution in [1.82, 2.24) is 14.7 Å². The molecule has 1 aliphatic heterocycles. The smallest absolute Gasteiger partial charge is 0.272 e. The van der Waals surface area contributed by atoms with Gasteiger partial charge in [0.2, 0.25) is 11.8 Å². The molecular formula is C19H21N5O3. The van der Waals surface area contributed by atoms with Gasteiger partial charge in [-0.25, -0.2) is 0 Å². The van der Waals surface area contributed by atoms with E-state index in [1.807, 2.05) is 12.1 Å². The number of amides is 3. The third-order valence-electron chi connectivity index (χ3n) is 4.31. The molecule has 2 heterocycles. The quantitative estimate of drug-likeness (QED) is 0.759. The number of likely N-dealkylation sites (N-methyl/N-ethyl adjacent to an activating group) is 1. The Morgan fingerprint density at radius 3 is 2.67 bits per heavy atom. The lowest BCUT2D eigenvalue weighted by Gasteiger charge is -2.22. The molecular weight excluding hydrogens is 346 g/mol. The van der Waals surface area contributed by atoms with Crippen molar-refractivity contribution in [2.45, 2.75) is 19.4 Å². The zero-order chi connectivity index (χ0) is 19.4. The van der Waals surface area contributed by atoms with Crippen LogP contribution < -0.4 is 10.6 Å². The van der Waals surface area contributed by atoms with Gasteiger partial charge in [0, 0.05) is 31.8 Å². The summed E-state index contributed by atoms with van der Waals surface area (Å²) < 4.78 is 1.62. The molecule has 3 amide bonds. The van der Waals surface area contributed by atoms with Crippen LogP contribution in [0.15, 0.2) is 43.0 Å². The Kier molecular flexibility index (Phi) is 5.35. The van der Waals surface area contributed by atoms with Crippen molar-refractivity contribution in [3.8, 4) is 0 Å². The summed E-state index contributed by atoms with van der Waals surface area (Å²) in [6.07, 6.45) is 2.04. The minimum Gasteiger partial charge on any atom is -0.339 e. The highest BCUT2D eigenvalue weighted by Crippen LogP contribution is 2.16. The van der Waals surface area contributed by atoms with E-state index in [-0.39, 0.29) is 24.1 Å². The number of rotatable bonds is 6. The fourth-order valence-corrected chi connectivity index (χ4v) is 2.77. The number of aromatic nitrogens is 2. The first-order valence-electron chi connectivity index (χ1n) is 8.62. The number of anilines is 2. The Morgan fingerprint density at radius 1 is 1.22 bits per heavy atom. The third kappa shape index (κ3) is 4.41. The van der Waals surface area contributed by atoms with Gasteiger partial charge >= 0.3 is 0 Å². The largest absolute Gasteiger partial charge is 0.339 e. The second kappa shape index (κ2) is 7.86. The van der Waals surface area contributed by atoms with Crippen molar-refractivity contribution in [3.63, 3.8) is 0 Å². The van der Waals surface area contributed by atoms with Crippen LogP contribution in [-0.4, -0.2) is 46.0 Å². The second-order valence-electron chi connectivity index (χ2n) is 6.30. The summed E-state index contributed by atoms with van der Waals surface area (Å²) in [6, 6.07) is 8.87. The van der Waals surface area contributed by atoms with E-state index < -0.39 is 0 Å². The molecule has 1 aliphatic rings. The van der Waals surface area contributed by atoms with E-state index in [0.29, 0.717) is 36.7 Å². The predicted octanol–water partition coefficient (Wildman–Crippen LogP) is 1.66. The van der Waals surface area contributed by atoms with Crippen LogP contribution in [-0.2, 0) is 22.6 Å². The zero-order valence-electron chi connectivity index (χ0n) is 15.1. The monoisotopic (exact) mass is 367 g/mol. The van der Waals surface area contributed by atoms with Crippen molar-refractivity contribution in [2.24, 2.45) is 0 Å². The molecule has 0 saturated heterocycles. The van der Waals surface area contributed by atoms with Gasteiger partial charge in [0.15, 0.2) is 5.82 Å². The molecule has 2 N–H and O–H groups in total. The van der Waals surface area contributed by atoms with Crippen LogP contribution in [0.5, 0.6) is 0 Å². The summed E-state index contributed by atoms with van der Waals surface area (Å²) in [5.74, 6) is -0.149. The lowest BCUT2D eigenvalue weighted by atomic mass is 10.1. The maximum Gasteiger partial charge on any atom is 0.272 e. The fraction of sp³-hybridized carbons (Fsp3) is 0.263. The van der Waals surface area contributed by atoms with Gasteiger partial charge in [0.05, 0.1) is 6.54 Å². The number of hydrogen-bond acceptors (Lipinski definition) is 4. The molecule has 0 saturated carbocycles. The van der Waals surface area contributed by atoms with Crippen LogP contribution in [0.1, 0.15) is 22.5 Å². The first-order valence-corrected chi connectivity index (χ1v) is 8.62. The lowest BCUT2D eigenvalue weighted by Crippen LogP contribution is -2.37. The summed E-state index contributed by atoms with van der Waals surface area (Å²) in [4.78, 5) is 37.1. The average Bonchev–Trinajstić information content (AvgIpc) is 3.07. The van der Waals surface area contributed by atoms with Crippen molar-refractivity contribution in [2.75, 3.05) is 24.2 Å². The SMILES string of the molecule is C=CC(=O)Nc1ccc(CCC(=O)Nc2cc3n(n2)CCN(C)C3=O)cc1. The molecule has 140 valence electrons. The number of nitrogens with zero attached hydrogens (tertiary/aromatic N) is 3. The summed E-state index contributed by atoms with van der Waals surface area (Å²) in [6.45, 7) is 4.62. The molecule has 8 nitrogen and oxygen atoms in total. The fourth-order valence-electron chi connectivity index (χ4n) is 2.77. The van der Waals surface area contributed by atoms with E-state index >= 15 is 0 Å². The van der Waals surface area contributed by atoms with Crippen LogP contribution in [0.2, 0.25) is 0 Å². The summed E-state index contributed by atoms with van der Waals surface area (Å²) >= 11 is 0. The maximum atomic E-state index is 12.2. The molecule has 0 radical (unpaired) electrons. The zero-order valence-corrected chi connectivity index (χ0v) is 15.1. The highest BCUT2D eigenvalue weighted by atomic mass is 16.2. The van der Waals surface area contributed by atoms with Gasteiger partial charge in [-0.15, -0.1) is 0 Å². The summed E-state index contributed by atoms with van der Waals surface area (Å²) in [5.41, 5.74) is 2.13. The number of carbonyl (C=O) groups is 3. The number of nitrogens with one attached hydrogen (secondary N) is 2. The maximum absolute atomic E-state index is 12.2. The minimum atomic E-state index is -0.269. The third-order valence-corrected chi connectivity index (χ3v) is 4.31. The molecule has 8 heteroatoms. The second-order valence-corrected chi connectivity index (χ2v) is 6.30. The molecule has 2 aromatic rings. The van der Waals surface area contributed by atoms with Crippen LogP contribution in [0.25, 0.3) is 0 Å². The molecule has 0 spiro atoms. The van der Waals surface area contributed by atoms with E-state index in [0.717, 1.165) is 5.56 Å². The number of hydrogen-bond donors (Lipinski definition) is 2. The molecule has 0 aliphatic carbocycles. The van der Waals surface area contributed by atoms with E-state index in [2.05, 4.69) is 22.3 Å². The van der Waals surface area contributed by atoms with Gasteiger partial charge in [0.1, 0.15) is 5.69 Å². The normalized spacial score (nSPS) is 13.1. The average molecular weight is 367 g/mol. The number of benzene rings is 1. The molecule has 1 aromatic carbocycles. The van der Waals surface area contributed by atoms with Crippen molar-refractivity contribution >= 4 is 29.2 Å². The van der Waals surface area contributed by atoms with Crippen LogP contribution in [0.4, 0.5) is 11.5 Å². The Morgan fingerprint density at radius 2 is 1.96 bits per heavy atom. The van der Waals surface area contributed by atoms with Crippen LogP contribution >= 0.6 is 0 Å². The minimum absolute atomic E-state index is 0.0992. The number of aryl methyl sites for hydroxylation is 1. The first kappa shape index (κ1) is 18.4. The van der Waals surface area contributed by atoms with E-state index in [9.17, 15) is 14.4 Å². The molecule has 0 atom stereocenters. The van der Waals surface area contributed by atoms with Crippen molar-refractivity contribution in [3.05, 3.63) is 54.2 Å². The molecule has 0 fully saturated rings. The Labute approximate surface area is 156 Å². The number of fused-ring (bicyclic) bond motifs is 1. The Balaban J connectivity index is 1.53. The summed E-state index contributed by atoms with van der Waals surface area (Å²) in [7, 11) is 1.74. The predicted molar refractivity (Wildman–Crippen MR) is 101 cm³/mol. The standard InChI is InChI=1S/C19H21N5O3/c1-3-17(25)20-14-7-4-13(5-8-14)6-9-18(26)21-16-12-15-19(27)23(2)10-11-24(15)22-16/h3-5,7-8,12H,1,6,9-11H2,2H3,(H,20,25)(H,21,22,26). The molecule has 0 bridgehead atoms. The highest BCUT2D eigenvalue weighted by molar-refractivity contribution is 5.99. The lowest BCUT2D eigenvalue weighted by molar-refractivity contribution is -0.116. The molecule has 3 rings (SSSR count). The topological polar surface area (TPSA) is 96.3 Å². The van der Waals surface area contributed by atoms with Gasteiger partial charge in [-0.1, -0.05) is 18.7 Å². The van der Waals surface area contributed by atoms with Gasteiger partial charge in [-0.2, -0.15) is 5.10 Å².